The molecule has 4 heteroatoms. The lowest BCUT2D eigenvalue weighted by Gasteiger charge is -2.37. The number of aromatic nitrogens is 1. The number of hydrogen-bond donors (Lipinski definition) is 1. The van der Waals surface area contributed by atoms with Gasteiger partial charge in [-0.05, 0) is 113 Å². The first kappa shape index (κ1) is 30.2. The molecule has 0 bridgehead atoms. The van der Waals surface area contributed by atoms with Crippen LogP contribution >= 0.6 is 0 Å². The third-order valence-electron chi connectivity index (χ3n) is 11.5. The van der Waals surface area contributed by atoms with Gasteiger partial charge in [-0.25, -0.2) is 0 Å². The first-order valence-corrected chi connectivity index (χ1v) is 17.4. The van der Waals surface area contributed by atoms with E-state index in [4.69, 9.17) is 4.65 Å². The predicted molar refractivity (Wildman–Crippen MR) is 209 cm³/mol. The minimum absolute atomic E-state index is 0.241. The molecule has 0 amide bonds. The number of nitrogens with zero attached hydrogens (tertiary/aromatic N) is 1. The number of hydrogen-bond acceptors (Lipinski definition) is 2. The van der Waals surface area contributed by atoms with E-state index in [0.29, 0.717) is 7.48 Å². The van der Waals surface area contributed by atoms with Crippen molar-refractivity contribution in [3.63, 3.8) is 0 Å². The fraction of sp³-hybridized carbons (Fsp3) is 0.200. The van der Waals surface area contributed by atoms with Crippen molar-refractivity contribution in [3.8, 4) is 16.8 Å². The van der Waals surface area contributed by atoms with E-state index in [0.717, 1.165) is 11.2 Å². The maximum absolute atomic E-state index is 10.7. The molecule has 1 aliphatic carbocycles. The van der Waals surface area contributed by atoms with E-state index in [1.54, 1.807) is 13.8 Å². The summed E-state index contributed by atoms with van der Waals surface area (Å²) in [6, 6.07) is 44.8. The summed E-state index contributed by atoms with van der Waals surface area (Å²) in [7, 11) is 0.408. The Bertz CT molecular complexity index is 2660. The van der Waals surface area contributed by atoms with Gasteiger partial charge in [0.05, 0.1) is 22.2 Å². The molecule has 0 atom stereocenters. The summed E-state index contributed by atoms with van der Waals surface area (Å²) in [5, 5.41) is 21.0. The Morgan fingerprint density at radius 3 is 1.84 bits per heavy atom. The number of rotatable bonds is 5. The van der Waals surface area contributed by atoms with Crippen molar-refractivity contribution in [2.45, 2.75) is 58.2 Å². The van der Waals surface area contributed by atoms with Crippen LogP contribution in [0.3, 0.4) is 0 Å². The summed E-state index contributed by atoms with van der Waals surface area (Å²) >= 11 is 0. The van der Waals surface area contributed by atoms with E-state index in [2.05, 4.69) is 140 Å². The molecule has 0 aliphatic heterocycles. The zero-order chi connectivity index (χ0) is 33.9. The number of benzene rings is 7. The van der Waals surface area contributed by atoms with Crippen LogP contribution in [0.1, 0.15) is 52.7 Å². The van der Waals surface area contributed by atoms with Crippen LogP contribution in [0.15, 0.2) is 121 Å². The van der Waals surface area contributed by atoms with E-state index < -0.39 is 11.2 Å². The lowest BCUT2D eigenvalue weighted by Crippen LogP contribution is -2.49. The van der Waals surface area contributed by atoms with Crippen molar-refractivity contribution in [1.29, 1.82) is 0 Å². The molecule has 1 N–H and O–H groups in total. The molecule has 0 saturated heterocycles. The van der Waals surface area contributed by atoms with E-state index in [1.807, 2.05) is 13.8 Å². The van der Waals surface area contributed by atoms with Gasteiger partial charge < -0.3 is 14.3 Å². The Labute approximate surface area is 288 Å². The third kappa shape index (κ3) is 4.30. The largest absolute Gasteiger partial charge is 0.427 e. The second-order valence-electron chi connectivity index (χ2n) is 15.4. The maximum atomic E-state index is 10.7. The summed E-state index contributed by atoms with van der Waals surface area (Å²) in [4.78, 5) is 0. The van der Waals surface area contributed by atoms with Gasteiger partial charge in [0.1, 0.15) is 0 Å². The summed E-state index contributed by atoms with van der Waals surface area (Å²) in [5.74, 6) is 0. The molecule has 240 valence electrons. The standard InChI is InChI=1S/C45H40BNO2/c1-43(2)39-26-37-32-19-10-8-17-30(32)29-16-7-9-18-31(29)36(37)25-38(39)34-22-23-35-33-20-11-12-21-40(33)47(42(35)41(34)43)28-15-13-14-27(24-28)46-49-45(5,6)44(3,4)48/h7-26,46,48H,1-6H3. The van der Waals surface area contributed by atoms with Crippen molar-refractivity contribution in [2.24, 2.45) is 0 Å². The Morgan fingerprint density at radius 2 is 1.18 bits per heavy atom. The Morgan fingerprint density at radius 1 is 0.592 bits per heavy atom. The van der Waals surface area contributed by atoms with Gasteiger partial charge in [0, 0.05) is 21.9 Å². The smallest absolute Gasteiger partial charge is 0.309 e. The van der Waals surface area contributed by atoms with Crippen LogP contribution in [0, 0.1) is 0 Å². The summed E-state index contributed by atoms with van der Waals surface area (Å²) in [5.41, 5.74) is 8.08. The van der Waals surface area contributed by atoms with E-state index in [9.17, 15) is 5.11 Å². The average molecular weight is 638 g/mol. The van der Waals surface area contributed by atoms with Crippen LogP contribution in [-0.4, -0.2) is 28.4 Å². The molecule has 0 fully saturated rings. The second-order valence-corrected chi connectivity index (χ2v) is 15.4. The second kappa shape index (κ2) is 10.3. The number of fused-ring (bicyclic) bond motifs is 13. The number of aliphatic hydroxyl groups is 1. The van der Waals surface area contributed by atoms with Crippen LogP contribution in [0.5, 0.6) is 0 Å². The van der Waals surface area contributed by atoms with Crippen molar-refractivity contribution in [1.82, 2.24) is 4.57 Å². The van der Waals surface area contributed by atoms with Gasteiger partial charge in [0.2, 0.25) is 0 Å². The molecule has 8 aromatic rings. The topological polar surface area (TPSA) is 34.4 Å². The first-order valence-electron chi connectivity index (χ1n) is 17.4. The summed E-state index contributed by atoms with van der Waals surface area (Å²) in [6.07, 6.45) is 0. The van der Waals surface area contributed by atoms with Gasteiger partial charge in [-0.15, -0.1) is 0 Å². The highest BCUT2D eigenvalue weighted by Gasteiger charge is 2.39. The van der Waals surface area contributed by atoms with Gasteiger partial charge in [-0.1, -0.05) is 110 Å². The first-order chi connectivity index (χ1) is 23.5. The Hall–Kier alpha value is -4.90. The zero-order valence-corrected chi connectivity index (χ0v) is 29.1. The van der Waals surface area contributed by atoms with Crippen molar-refractivity contribution in [2.75, 3.05) is 0 Å². The highest BCUT2D eigenvalue weighted by atomic mass is 16.5. The van der Waals surface area contributed by atoms with Crippen LogP contribution < -0.4 is 5.46 Å². The molecule has 7 aromatic carbocycles. The Balaban J connectivity index is 1.30. The molecule has 9 rings (SSSR count). The molecule has 0 radical (unpaired) electrons. The van der Waals surface area contributed by atoms with Crippen molar-refractivity contribution in [3.05, 3.63) is 132 Å². The zero-order valence-electron chi connectivity index (χ0n) is 29.1. The van der Waals surface area contributed by atoms with E-state index >= 15 is 0 Å². The lowest BCUT2D eigenvalue weighted by atomic mass is 9.80. The maximum Gasteiger partial charge on any atom is 0.309 e. The molecule has 1 aromatic heterocycles. The van der Waals surface area contributed by atoms with Gasteiger partial charge in [-0.2, -0.15) is 0 Å². The Kier molecular flexibility index (Phi) is 6.35. The van der Waals surface area contributed by atoms with Crippen LogP contribution in [-0.2, 0) is 10.1 Å². The molecular formula is C45H40BNO2. The number of para-hydroxylation sites is 1. The highest BCUT2D eigenvalue weighted by molar-refractivity contribution is 6.47. The quantitative estimate of drug-likeness (QED) is 0.151. The molecule has 0 saturated carbocycles. The normalized spacial score (nSPS) is 14.3. The van der Waals surface area contributed by atoms with E-state index in [-0.39, 0.29) is 5.41 Å². The minimum Gasteiger partial charge on any atom is -0.427 e. The molecule has 1 heterocycles. The van der Waals surface area contributed by atoms with Crippen LogP contribution in [0.25, 0.3) is 70.9 Å². The monoisotopic (exact) mass is 637 g/mol. The SMILES string of the molecule is CC1(C)c2cc3c4ccccc4c4ccccc4c3cc2-c2ccc3c4ccccc4n(-c4cccc(BOC(C)(C)C(C)(C)O)c4)c3c21. The summed E-state index contributed by atoms with van der Waals surface area (Å²) < 4.78 is 8.78. The molecule has 0 unspecified atom stereocenters. The van der Waals surface area contributed by atoms with Crippen molar-refractivity contribution < 1.29 is 9.76 Å². The average Bonchev–Trinajstić information content (AvgIpc) is 3.55. The van der Waals surface area contributed by atoms with Crippen LogP contribution in [0.4, 0.5) is 0 Å². The van der Waals surface area contributed by atoms with E-state index in [1.165, 1.54) is 76.4 Å². The van der Waals surface area contributed by atoms with Crippen LogP contribution in [0.2, 0.25) is 0 Å². The van der Waals surface area contributed by atoms with Gasteiger partial charge in [0.25, 0.3) is 0 Å². The third-order valence-corrected chi connectivity index (χ3v) is 11.5. The highest BCUT2D eigenvalue weighted by Crippen LogP contribution is 2.54. The fourth-order valence-corrected chi connectivity index (χ4v) is 8.23. The lowest BCUT2D eigenvalue weighted by molar-refractivity contribution is -0.0893. The van der Waals surface area contributed by atoms with Gasteiger partial charge in [-0.3, -0.25) is 0 Å². The molecular weight excluding hydrogens is 597 g/mol. The molecule has 1 aliphatic rings. The minimum atomic E-state index is -0.970. The fourth-order valence-electron chi connectivity index (χ4n) is 8.23. The summed E-state index contributed by atoms with van der Waals surface area (Å²) in [6.45, 7) is 12.3. The molecule has 0 spiro atoms. The predicted octanol–water partition coefficient (Wildman–Crippen LogP) is 10.1. The van der Waals surface area contributed by atoms with Gasteiger partial charge in [0.15, 0.2) is 0 Å². The molecule has 3 nitrogen and oxygen atoms in total. The molecule has 49 heavy (non-hydrogen) atoms. The van der Waals surface area contributed by atoms with Crippen molar-refractivity contribution >= 4 is 67.1 Å². The van der Waals surface area contributed by atoms with Gasteiger partial charge >= 0.3 is 7.48 Å².